The number of aryl methyl sites for hydroxylation is 1. The largest absolute Gasteiger partial charge is 0.0726 e. The van der Waals surface area contributed by atoms with Crippen LogP contribution in [0.5, 0.6) is 0 Å². The van der Waals surface area contributed by atoms with Crippen LogP contribution in [0.2, 0.25) is 0 Å². The summed E-state index contributed by atoms with van der Waals surface area (Å²) >= 11 is 0. The van der Waals surface area contributed by atoms with E-state index in [0.717, 1.165) is 24.2 Å². The van der Waals surface area contributed by atoms with E-state index >= 15 is 0 Å². The Labute approximate surface area is 194 Å². The summed E-state index contributed by atoms with van der Waals surface area (Å²) in [6, 6.07) is 18.5. The third kappa shape index (κ3) is 4.33. The highest BCUT2D eigenvalue weighted by Crippen LogP contribution is 2.42. The maximum Gasteiger partial charge on any atom is 0.0281 e. The molecule has 1 saturated carbocycles. The second kappa shape index (κ2) is 9.10. The lowest BCUT2D eigenvalue weighted by Gasteiger charge is -2.31. The van der Waals surface area contributed by atoms with Gasteiger partial charge in [-0.2, -0.15) is 0 Å². The van der Waals surface area contributed by atoms with Gasteiger partial charge in [0.05, 0.1) is 0 Å². The predicted molar refractivity (Wildman–Crippen MR) is 138 cm³/mol. The molecule has 2 aromatic carbocycles. The number of fused-ring (bicyclic) bond motifs is 1. The standard InChI is InChI=1S/C32H36/c1-22(2)25-14-16-27(17-15-25)26-12-10-24(11-13-26)21-29-18-19-31(32-9-5-8-30(29)32)28-7-4-6-23(3)20-28/h4-13,18-20,22,25,27,32H,14-17,21H2,1-3H3. The third-order valence-corrected chi connectivity index (χ3v) is 8.00. The van der Waals surface area contributed by atoms with E-state index < -0.39 is 0 Å². The van der Waals surface area contributed by atoms with Crippen LogP contribution in [0, 0.1) is 24.7 Å². The molecule has 1 atom stereocenters. The summed E-state index contributed by atoms with van der Waals surface area (Å²) in [4.78, 5) is 0. The smallest absolute Gasteiger partial charge is 0.0281 e. The summed E-state index contributed by atoms with van der Waals surface area (Å²) in [6.45, 7) is 6.95. The fourth-order valence-electron chi connectivity index (χ4n) is 5.95. The Bertz CT molecular complexity index is 1080. The molecule has 0 heterocycles. The molecule has 3 aliphatic carbocycles. The highest BCUT2D eigenvalue weighted by Gasteiger charge is 2.26. The summed E-state index contributed by atoms with van der Waals surface area (Å²) < 4.78 is 0. The maximum atomic E-state index is 2.41. The number of hydrogen-bond donors (Lipinski definition) is 0. The first-order chi connectivity index (χ1) is 15.6. The molecule has 164 valence electrons. The molecule has 0 bridgehead atoms. The second-order valence-electron chi connectivity index (χ2n) is 10.4. The van der Waals surface area contributed by atoms with E-state index in [-0.39, 0.29) is 0 Å². The highest BCUT2D eigenvalue weighted by molar-refractivity contribution is 5.78. The summed E-state index contributed by atoms with van der Waals surface area (Å²) in [5, 5.41) is 0. The van der Waals surface area contributed by atoms with Crippen molar-refractivity contribution in [1.29, 1.82) is 0 Å². The Hall–Kier alpha value is -2.60. The van der Waals surface area contributed by atoms with Gasteiger partial charge in [-0.05, 0) is 90.2 Å². The van der Waals surface area contributed by atoms with Gasteiger partial charge >= 0.3 is 0 Å². The topological polar surface area (TPSA) is 0 Å². The van der Waals surface area contributed by atoms with Crippen LogP contribution in [0.3, 0.4) is 0 Å². The van der Waals surface area contributed by atoms with Crippen LogP contribution < -0.4 is 0 Å². The van der Waals surface area contributed by atoms with Crippen LogP contribution in [0.25, 0.3) is 5.57 Å². The number of benzene rings is 2. The van der Waals surface area contributed by atoms with Gasteiger partial charge in [-0.25, -0.2) is 0 Å². The maximum absolute atomic E-state index is 2.41. The van der Waals surface area contributed by atoms with Crippen LogP contribution >= 0.6 is 0 Å². The van der Waals surface area contributed by atoms with Gasteiger partial charge < -0.3 is 0 Å². The summed E-state index contributed by atoms with van der Waals surface area (Å²) in [7, 11) is 0. The minimum Gasteiger partial charge on any atom is -0.0726 e. The van der Waals surface area contributed by atoms with Crippen molar-refractivity contribution in [1.82, 2.24) is 0 Å². The molecule has 2 aromatic rings. The molecule has 32 heavy (non-hydrogen) atoms. The molecule has 0 N–H and O–H groups in total. The molecule has 0 saturated heterocycles. The molecule has 0 aliphatic heterocycles. The van der Waals surface area contributed by atoms with Crippen molar-refractivity contribution in [2.45, 2.75) is 58.8 Å². The molecular formula is C32H36. The highest BCUT2D eigenvalue weighted by atomic mass is 14.3. The van der Waals surface area contributed by atoms with E-state index in [0.29, 0.717) is 5.92 Å². The van der Waals surface area contributed by atoms with Gasteiger partial charge in [0, 0.05) is 5.92 Å². The van der Waals surface area contributed by atoms with Crippen LogP contribution in [0.15, 0.2) is 90.1 Å². The zero-order valence-electron chi connectivity index (χ0n) is 19.9. The minimum atomic E-state index is 0.396. The van der Waals surface area contributed by atoms with Crippen molar-refractivity contribution in [3.63, 3.8) is 0 Å². The third-order valence-electron chi connectivity index (χ3n) is 8.00. The van der Waals surface area contributed by atoms with Crippen molar-refractivity contribution < 1.29 is 0 Å². The lowest BCUT2D eigenvalue weighted by molar-refractivity contribution is 0.259. The molecule has 0 spiro atoms. The van der Waals surface area contributed by atoms with Gasteiger partial charge in [-0.3, -0.25) is 0 Å². The quantitative estimate of drug-likeness (QED) is 0.454. The minimum absolute atomic E-state index is 0.396. The Balaban J connectivity index is 1.30. The molecule has 0 nitrogen and oxygen atoms in total. The Morgan fingerprint density at radius 1 is 0.844 bits per heavy atom. The molecule has 5 rings (SSSR count). The van der Waals surface area contributed by atoms with E-state index in [9.17, 15) is 0 Å². The van der Waals surface area contributed by atoms with E-state index in [1.807, 2.05) is 0 Å². The monoisotopic (exact) mass is 420 g/mol. The summed E-state index contributed by atoms with van der Waals surface area (Å²) in [5.41, 5.74) is 10.00. The van der Waals surface area contributed by atoms with E-state index in [1.165, 1.54) is 59.1 Å². The van der Waals surface area contributed by atoms with Gasteiger partial charge in [0.15, 0.2) is 0 Å². The molecule has 0 heteroatoms. The van der Waals surface area contributed by atoms with Crippen LogP contribution in [-0.2, 0) is 6.42 Å². The normalized spacial score (nSPS) is 24.8. The first-order valence-corrected chi connectivity index (χ1v) is 12.5. The lowest BCUT2D eigenvalue weighted by atomic mass is 9.74. The average molecular weight is 421 g/mol. The number of hydrogen-bond acceptors (Lipinski definition) is 0. The second-order valence-corrected chi connectivity index (χ2v) is 10.4. The zero-order chi connectivity index (χ0) is 22.1. The molecule has 1 unspecified atom stereocenters. The van der Waals surface area contributed by atoms with Gasteiger partial charge in [0.25, 0.3) is 0 Å². The van der Waals surface area contributed by atoms with Gasteiger partial charge in [0.1, 0.15) is 0 Å². The first kappa shape index (κ1) is 21.3. The van der Waals surface area contributed by atoms with Crippen molar-refractivity contribution in [2.24, 2.45) is 17.8 Å². The molecule has 0 amide bonds. The predicted octanol–water partition coefficient (Wildman–Crippen LogP) is 8.60. The van der Waals surface area contributed by atoms with Crippen LogP contribution in [0.4, 0.5) is 0 Å². The Morgan fingerprint density at radius 3 is 2.34 bits per heavy atom. The van der Waals surface area contributed by atoms with Crippen LogP contribution in [-0.4, -0.2) is 0 Å². The zero-order valence-corrected chi connectivity index (χ0v) is 19.9. The molecular weight excluding hydrogens is 384 g/mol. The van der Waals surface area contributed by atoms with Crippen molar-refractivity contribution in [3.05, 3.63) is 112 Å². The average Bonchev–Trinajstić information content (AvgIpc) is 3.30. The van der Waals surface area contributed by atoms with Crippen molar-refractivity contribution >= 4 is 5.57 Å². The fraction of sp³-hybridized carbons (Fsp3) is 0.375. The summed E-state index contributed by atoms with van der Waals surface area (Å²) in [6.07, 6.45) is 18.1. The lowest BCUT2D eigenvalue weighted by Crippen LogP contribution is -2.17. The number of rotatable bonds is 5. The fourth-order valence-corrected chi connectivity index (χ4v) is 5.95. The van der Waals surface area contributed by atoms with Gasteiger partial charge in [-0.1, -0.05) is 98.3 Å². The molecule has 0 aromatic heterocycles. The molecule has 1 fully saturated rings. The van der Waals surface area contributed by atoms with Gasteiger partial charge in [-0.15, -0.1) is 0 Å². The Morgan fingerprint density at radius 2 is 1.62 bits per heavy atom. The molecule has 0 radical (unpaired) electrons. The first-order valence-electron chi connectivity index (χ1n) is 12.5. The Kier molecular flexibility index (Phi) is 6.05. The van der Waals surface area contributed by atoms with E-state index in [2.05, 4.69) is 99.7 Å². The summed E-state index contributed by atoms with van der Waals surface area (Å²) in [5.74, 6) is 2.93. The molecule has 3 aliphatic rings. The SMILES string of the molecule is Cc1cccc(C2=CC=C(Cc3ccc(C4CCC(C(C)C)CC4)cc3)C3=CC=CC32)c1. The van der Waals surface area contributed by atoms with Crippen molar-refractivity contribution in [3.8, 4) is 0 Å². The van der Waals surface area contributed by atoms with E-state index in [4.69, 9.17) is 0 Å². The van der Waals surface area contributed by atoms with Gasteiger partial charge in [0.2, 0.25) is 0 Å². The van der Waals surface area contributed by atoms with E-state index in [1.54, 1.807) is 5.56 Å². The number of allylic oxidation sites excluding steroid dienone is 8. The van der Waals surface area contributed by atoms with Crippen LogP contribution in [0.1, 0.15) is 67.7 Å². The van der Waals surface area contributed by atoms with Crippen molar-refractivity contribution in [2.75, 3.05) is 0 Å².